The molecule has 7 nitrogen and oxygen atoms in total. The van der Waals surface area contributed by atoms with Crippen LogP contribution in [-0.2, 0) is 10.0 Å². The van der Waals surface area contributed by atoms with Gasteiger partial charge in [0.15, 0.2) is 4.90 Å². The summed E-state index contributed by atoms with van der Waals surface area (Å²) in [6, 6.07) is 2.28. The molecule has 0 aliphatic heterocycles. The van der Waals surface area contributed by atoms with Crippen LogP contribution >= 0.6 is 0 Å². The number of nitro benzene ring substituents is 1. The molecule has 0 heterocycles. The summed E-state index contributed by atoms with van der Waals surface area (Å²) in [6.45, 7) is 3.24. The van der Waals surface area contributed by atoms with Crippen molar-refractivity contribution in [3.05, 3.63) is 34.1 Å². The van der Waals surface area contributed by atoms with Crippen molar-refractivity contribution in [2.45, 2.75) is 31.2 Å². The Kier molecular flexibility index (Phi) is 5.76. The lowest BCUT2D eigenvalue weighted by molar-refractivity contribution is -0.390. The predicted octanol–water partition coefficient (Wildman–Crippen LogP) is 1.42. The summed E-state index contributed by atoms with van der Waals surface area (Å²) >= 11 is 0. The number of nitrogens with zero attached hydrogens (tertiary/aromatic N) is 1. The van der Waals surface area contributed by atoms with E-state index in [1.807, 2.05) is 0 Å². The van der Waals surface area contributed by atoms with Gasteiger partial charge in [-0.15, -0.1) is 0 Å². The number of nitrogens with one attached hydrogen (secondary N) is 1. The first kappa shape index (κ1) is 17.5. The highest BCUT2D eigenvalue weighted by molar-refractivity contribution is 7.89. The van der Waals surface area contributed by atoms with Crippen molar-refractivity contribution >= 4 is 15.7 Å². The Morgan fingerprint density at radius 1 is 1.43 bits per heavy atom. The van der Waals surface area contributed by atoms with Gasteiger partial charge >= 0.3 is 5.69 Å². The largest absolute Gasteiger partial charge is 0.396 e. The fourth-order valence-electron chi connectivity index (χ4n) is 1.82. The van der Waals surface area contributed by atoms with Gasteiger partial charge < -0.3 is 5.11 Å². The predicted molar refractivity (Wildman–Crippen MR) is 73.7 cm³/mol. The molecule has 118 valence electrons. The van der Waals surface area contributed by atoms with Crippen molar-refractivity contribution in [2.24, 2.45) is 5.92 Å². The molecule has 1 aromatic carbocycles. The lowest BCUT2D eigenvalue weighted by Gasteiger charge is -2.21. The Bertz CT molecular complexity index is 618. The molecule has 0 radical (unpaired) electrons. The molecule has 21 heavy (non-hydrogen) atoms. The van der Waals surface area contributed by atoms with Gasteiger partial charge in [0.2, 0.25) is 15.8 Å². The maximum Gasteiger partial charge on any atom is 0.324 e. The fraction of sp³-hybridized carbons (Fsp3) is 0.500. The van der Waals surface area contributed by atoms with E-state index in [2.05, 4.69) is 4.72 Å². The van der Waals surface area contributed by atoms with E-state index in [4.69, 9.17) is 5.11 Å². The molecule has 0 saturated heterocycles. The van der Waals surface area contributed by atoms with Gasteiger partial charge in [-0.05, 0) is 24.5 Å². The van der Waals surface area contributed by atoms with E-state index >= 15 is 0 Å². The molecular weight excluding hydrogens is 303 g/mol. The van der Waals surface area contributed by atoms with E-state index in [1.165, 1.54) is 0 Å². The first-order valence-corrected chi connectivity index (χ1v) is 7.75. The molecule has 0 aliphatic carbocycles. The van der Waals surface area contributed by atoms with Gasteiger partial charge in [-0.25, -0.2) is 13.1 Å². The van der Waals surface area contributed by atoms with Crippen molar-refractivity contribution < 1.29 is 22.8 Å². The van der Waals surface area contributed by atoms with Crippen LogP contribution in [0.5, 0.6) is 0 Å². The number of halogens is 1. The second-order valence-corrected chi connectivity index (χ2v) is 6.51. The maximum absolute atomic E-state index is 13.5. The van der Waals surface area contributed by atoms with E-state index in [0.29, 0.717) is 0 Å². The molecule has 9 heteroatoms. The number of nitro groups is 1. The van der Waals surface area contributed by atoms with Crippen LogP contribution in [0.4, 0.5) is 10.1 Å². The summed E-state index contributed by atoms with van der Waals surface area (Å²) in [6.07, 6.45) is 0.153. The lowest BCUT2D eigenvalue weighted by atomic mass is 10.0. The van der Waals surface area contributed by atoms with E-state index in [1.54, 1.807) is 13.8 Å². The number of hydrogen-bond donors (Lipinski definition) is 2. The summed E-state index contributed by atoms with van der Waals surface area (Å²) in [7, 11) is -4.27. The highest BCUT2D eigenvalue weighted by Gasteiger charge is 2.31. The standard InChI is InChI=1S/C12H17FN2O5S/c1-8(2)10(6-7-16)14-21(19,20)11-5-3-4-9(13)12(11)15(17)18/h3-5,8,10,14,16H,6-7H2,1-2H3. The van der Waals surface area contributed by atoms with Crippen molar-refractivity contribution in [1.82, 2.24) is 4.72 Å². The quantitative estimate of drug-likeness (QED) is 0.583. The first-order chi connectivity index (χ1) is 9.70. The van der Waals surface area contributed by atoms with Crippen LogP contribution in [0.15, 0.2) is 23.1 Å². The van der Waals surface area contributed by atoms with Crippen LogP contribution in [0.25, 0.3) is 0 Å². The Balaban J connectivity index is 3.25. The number of benzene rings is 1. The van der Waals surface area contributed by atoms with E-state index in [0.717, 1.165) is 18.2 Å². The topological polar surface area (TPSA) is 110 Å². The molecule has 0 aromatic heterocycles. The highest BCUT2D eigenvalue weighted by Crippen LogP contribution is 2.27. The molecule has 1 atom stereocenters. The van der Waals surface area contributed by atoms with Crippen LogP contribution in [-0.4, -0.2) is 31.1 Å². The highest BCUT2D eigenvalue weighted by atomic mass is 32.2. The third kappa shape index (κ3) is 4.19. The van der Waals surface area contributed by atoms with Gasteiger partial charge in [-0.2, -0.15) is 4.39 Å². The van der Waals surface area contributed by atoms with Crippen LogP contribution in [0.3, 0.4) is 0 Å². The zero-order valence-corrected chi connectivity index (χ0v) is 12.4. The lowest BCUT2D eigenvalue weighted by Crippen LogP contribution is -2.39. The fourth-order valence-corrected chi connectivity index (χ4v) is 3.42. The van der Waals surface area contributed by atoms with Gasteiger partial charge in [-0.3, -0.25) is 10.1 Å². The third-order valence-electron chi connectivity index (χ3n) is 2.97. The molecule has 1 aromatic rings. The van der Waals surface area contributed by atoms with Crippen LogP contribution < -0.4 is 4.72 Å². The second kappa shape index (κ2) is 6.92. The van der Waals surface area contributed by atoms with Crippen LogP contribution in [0.1, 0.15) is 20.3 Å². The number of aliphatic hydroxyl groups excluding tert-OH is 1. The number of para-hydroxylation sites is 1. The minimum absolute atomic E-state index is 0.139. The maximum atomic E-state index is 13.5. The molecule has 1 rings (SSSR count). The Labute approximate surface area is 122 Å². The zero-order chi connectivity index (χ0) is 16.2. The molecular formula is C12H17FN2O5S. The van der Waals surface area contributed by atoms with E-state index in [9.17, 15) is 22.9 Å². The number of hydrogen-bond acceptors (Lipinski definition) is 5. The summed E-state index contributed by atoms with van der Waals surface area (Å²) in [5.41, 5.74) is -1.09. The van der Waals surface area contributed by atoms with Crippen molar-refractivity contribution in [1.29, 1.82) is 0 Å². The minimum atomic E-state index is -4.27. The first-order valence-electron chi connectivity index (χ1n) is 6.26. The minimum Gasteiger partial charge on any atom is -0.396 e. The zero-order valence-electron chi connectivity index (χ0n) is 11.6. The summed E-state index contributed by atoms with van der Waals surface area (Å²) < 4.78 is 40.2. The van der Waals surface area contributed by atoms with Gasteiger partial charge in [0.1, 0.15) is 0 Å². The Morgan fingerprint density at radius 2 is 2.05 bits per heavy atom. The smallest absolute Gasteiger partial charge is 0.324 e. The van der Waals surface area contributed by atoms with Gasteiger partial charge in [0.05, 0.1) is 4.92 Å². The van der Waals surface area contributed by atoms with Crippen LogP contribution in [0.2, 0.25) is 0 Å². The average Bonchev–Trinajstić information content (AvgIpc) is 2.37. The Morgan fingerprint density at radius 3 is 2.52 bits per heavy atom. The second-order valence-electron chi connectivity index (χ2n) is 4.83. The number of rotatable bonds is 7. The van der Waals surface area contributed by atoms with Crippen LogP contribution in [0, 0.1) is 21.8 Å². The monoisotopic (exact) mass is 320 g/mol. The summed E-state index contributed by atoms with van der Waals surface area (Å²) in [4.78, 5) is 9.07. The van der Waals surface area contributed by atoms with Crippen molar-refractivity contribution in [3.63, 3.8) is 0 Å². The molecule has 0 fully saturated rings. The van der Waals surface area contributed by atoms with Crippen molar-refractivity contribution in [2.75, 3.05) is 6.61 Å². The summed E-state index contributed by atoms with van der Waals surface area (Å²) in [5, 5.41) is 19.8. The molecule has 0 saturated carbocycles. The molecule has 0 spiro atoms. The molecule has 0 aliphatic rings. The third-order valence-corrected chi connectivity index (χ3v) is 4.49. The van der Waals surface area contributed by atoms with Gasteiger partial charge in [0.25, 0.3) is 0 Å². The molecule has 1 unspecified atom stereocenters. The van der Waals surface area contributed by atoms with Gasteiger partial charge in [-0.1, -0.05) is 19.9 Å². The Hall–Kier alpha value is -1.58. The number of aliphatic hydroxyl groups is 1. The molecule has 2 N–H and O–H groups in total. The van der Waals surface area contributed by atoms with E-state index < -0.39 is 37.4 Å². The normalized spacial score (nSPS) is 13.4. The molecule has 0 amide bonds. The number of sulfonamides is 1. The SMILES string of the molecule is CC(C)C(CCO)NS(=O)(=O)c1cccc(F)c1[N+](=O)[O-]. The average molecular weight is 320 g/mol. The van der Waals surface area contributed by atoms with E-state index in [-0.39, 0.29) is 18.9 Å². The van der Waals surface area contributed by atoms with Crippen molar-refractivity contribution in [3.8, 4) is 0 Å². The summed E-state index contributed by atoms with van der Waals surface area (Å²) in [5.74, 6) is -1.36. The molecule has 0 bridgehead atoms. The van der Waals surface area contributed by atoms with Gasteiger partial charge in [0, 0.05) is 12.6 Å².